The zero-order valence-electron chi connectivity index (χ0n) is 15.9. The number of hydrogen-bond acceptors (Lipinski definition) is 8. The summed E-state index contributed by atoms with van der Waals surface area (Å²) in [6, 6.07) is -3.77. The van der Waals surface area contributed by atoms with Crippen molar-refractivity contribution in [2.24, 2.45) is 11.5 Å². The number of aliphatic hydroxyl groups excluding tert-OH is 1. The second kappa shape index (κ2) is 14.3. The highest BCUT2D eigenvalue weighted by Gasteiger charge is 2.27. The Kier molecular flexibility index (Phi) is 12.9. The molecule has 0 aromatic carbocycles. The maximum absolute atomic E-state index is 12.4. The van der Waals surface area contributed by atoms with Gasteiger partial charge in [-0.3, -0.25) is 19.2 Å². The lowest BCUT2D eigenvalue weighted by Gasteiger charge is -2.21. The number of hydrogen-bond donors (Lipinski definition) is 8. The van der Waals surface area contributed by atoms with Crippen molar-refractivity contribution in [3.63, 3.8) is 0 Å². The van der Waals surface area contributed by atoms with Crippen LogP contribution in [0.15, 0.2) is 0 Å². The fraction of sp³-hybridized carbons (Fsp3) is 0.688. The molecule has 0 aliphatic rings. The quantitative estimate of drug-likeness (QED) is 0.122. The lowest BCUT2D eigenvalue weighted by molar-refractivity contribution is -0.143. The van der Waals surface area contributed by atoms with Crippen LogP contribution >= 0.6 is 0 Å². The summed E-state index contributed by atoms with van der Waals surface area (Å²) >= 11 is 0. The van der Waals surface area contributed by atoms with Crippen molar-refractivity contribution in [3.05, 3.63) is 0 Å². The third-order valence-corrected chi connectivity index (χ3v) is 3.82. The Hall–Kier alpha value is -2.77. The Morgan fingerprint density at radius 2 is 1.55 bits per heavy atom. The zero-order valence-corrected chi connectivity index (χ0v) is 15.9. The van der Waals surface area contributed by atoms with Gasteiger partial charge in [-0.25, -0.2) is 4.79 Å². The molecule has 0 aliphatic carbocycles. The maximum atomic E-state index is 12.4. The van der Waals surface area contributed by atoms with Gasteiger partial charge < -0.3 is 42.7 Å². The van der Waals surface area contributed by atoms with E-state index in [-0.39, 0.29) is 12.8 Å². The van der Waals surface area contributed by atoms with Gasteiger partial charge >= 0.3 is 11.9 Å². The van der Waals surface area contributed by atoms with E-state index in [9.17, 15) is 29.1 Å². The minimum atomic E-state index is -1.32. The number of carbonyl (C=O) groups excluding carboxylic acids is 3. The van der Waals surface area contributed by atoms with Crippen LogP contribution in [0.5, 0.6) is 0 Å². The van der Waals surface area contributed by atoms with E-state index in [4.69, 9.17) is 21.7 Å². The Balaban J connectivity index is 4.93. The predicted molar refractivity (Wildman–Crippen MR) is 99.3 cm³/mol. The number of nitrogens with one attached hydrogen (secondary N) is 3. The van der Waals surface area contributed by atoms with Gasteiger partial charge in [0.2, 0.25) is 17.7 Å². The van der Waals surface area contributed by atoms with Gasteiger partial charge in [0.05, 0.1) is 13.2 Å². The highest BCUT2D eigenvalue weighted by Crippen LogP contribution is 2.04. The van der Waals surface area contributed by atoms with Crippen molar-refractivity contribution in [3.8, 4) is 0 Å². The molecule has 10 N–H and O–H groups in total. The van der Waals surface area contributed by atoms with E-state index in [1.54, 1.807) is 0 Å². The van der Waals surface area contributed by atoms with Crippen LogP contribution in [0.3, 0.4) is 0 Å². The molecule has 3 amide bonds. The summed E-state index contributed by atoms with van der Waals surface area (Å²) in [4.78, 5) is 57.9. The lowest BCUT2D eigenvalue weighted by Crippen LogP contribution is -2.54. The molecule has 0 radical (unpaired) electrons. The van der Waals surface area contributed by atoms with E-state index >= 15 is 0 Å². The largest absolute Gasteiger partial charge is 0.481 e. The van der Waals surface area contributed by atoms with Crippen LogP contribution in [-0.4, -0.2) is 82.8 Å². The van der Waals surface area contributed by atoms with Gasteiger partial charge in [0, 0.05) is 6.42 Å². The number of carboxylic acid groups (broad SMARTS) is 2. The van der Waals surface area contributed by atoms with Gasteiger partial charge in [-0.2, -0.15) is 0 Å². The van der Waals surface area contributed by atoms with Gasteiger partial charge in [-0.15, -0.1) is 0 Å². The Morgan fingerprint density at radius 3 is 2.07 bits per heavy atom. The summed E-state index contributed by atoms with van der Waals surface area (Å²) in [5.41, 5.74) is 10.6. The molecule has 3 unspecified atom stereocenters. The van der Waals surface area contributed by atoms with Crippen molar-refractivity contribution < 1.29 is 39.3 Å². The summed E-state index contributed by atoms with van der Waals surface area (Å²) in [5.74, 6) is -4.96. The first kappa shape index (κ1) is 26.2. The molecule has 3 atom stereocenters. The van der Waals surface area contributed by atoms with E-state index in [1.165, 1.54) is 0 Å². The summed E-state index contributed by atoms with van der Waals surface area (Å²) in [7, 11) is 0. The van der Waals surface area contributed by atoms with Crippen LogP contribution in [0.4, 0.5) is 0 Å². The van der Waals surface area contributed by atoms with E-state index in [0.717, 1.165) is 0 Å². The predicted octanol–water partition coefficient (Wildman–Crippen LogP) is -3.53. The summed E-state index contributed by atoms with van der Waals surface area (Å²) in [6.07, 6.45) is 0.399. The van der Waals surface area contributed by atoms with Crippen molar-refractivity contribution in [1.82, 2.24) is 16.0 Å². The minimum absolute atomic E-state index is 0.118. The molecule has 0 rings (SSSR count). The molecule has 0 aromatic heterocycles. The van der Waals surface area contributed by atoms with E-state index < -0.39 is 67.4 Å². The van der Waals surface area contributed by atoms with Crippen LogP contribution in [0.2, 0.25) is 0 Å². The Bertz CT molecular complexity index is 586. The van der Waals surface area contributed by atoms with Crippen molar-refractivity contribution in [2.45, 2.75) is 50.2 Å². The van der Waals surface area contributed by atoms with Crippen LogP contribution in [0, 0.1) is 0 Å². The molecule has 0 saturated carbocycles. The fourth-order valence-corrected chi connectivity index (χ4v) is 2.19. The standard InChI is InChI=1S/C16H29N5O8/c17-6-2-1-3-11(16(28)29)21-15(27)10(4-5-13(24)25)20-12(23)7-19-14(26)9(18)8-22/h9-11,22H,1-8,17-18H2,(H,19,26)(H,20,23)(H,21,27)(H,24,25)(H,28,29). The molecule has 0 aliphatic heterocycles. The molecule has 166 valence electrons. The highest BCUT2D eigenvalue weighted by molar-refractivity contribution is 5.92. The number of unbranched alkanes of at least 4 members (excludes halogenated alkanes) is 1. The van der Waals surface area contributed by atoms with Gasteiger partial charge in [0.25, 0.3) is 0 Å². The summed E-state index contributed by atoms with van der Waals surface area (Å²) in [6.45, 7) is -0.830. The van der Waals surface area contributed by atoms with Crippen LogP contribution in [0.25, 0.3) is 0 Å². The number of amides is 3. The first-order valence-electron chi connectivity index (χ1n) is 9.00. The van der Waals surface area contributed by atoms with Crippen LogP contribution < -0.4 is 27.4 Å². The van der Waals surface area contributed by atoms with E-state index in [1.807, 2.05) is 0 Å². The number of carbonyl (C=O) groups is 5. The lowest BCUT2D eigenvalue weighted by atomic mass is 10.1. The summed E-state index contributed by atoms with van der Waals surface area (Å²) in [5, 5.41) is 33.5. The average molecular weight is 419 g/mol. The monoisotopic (exact) mass is 419 g/mol. The molecule has 0 spiro atoms. The smallest absolute Gasteiger partial charge is 0.326 e. The fourth-order valence-electron chi connectivity index (χ4n) is 2.19. The van der Waals surface area contributed by atoms with Crippen molar-refractivity contribution in [1.29, 1.82) is 0 Å². The third-order valence-electron chi connectivity index (χ3n) is 3.82. The molecule has 13 nitrogen and oxygen atoms in total. The first-order valence-corrected chi connectivity index (χ1v) is 9.00. The highest BCUT2D eigenvalue weighted by atomic mass is 16.4. The average Bonchev–Trinajstić information content (AvgIpc) is 2.67. The van der Waals surface area contributed by atoms with Crippen molar-refractivity contribution >= 4 is 29.7 Å². The molecule has 0 saturated heterocycles. The Labute approximate surface area is 167 Å². The first-order chi connectivity index (χ1) is 13.6. The number of rotatable bonds is 15. The van der Waals surface area contributed by atoms with Crippen molar-refractivity contribution in [2.75, 3.05) is 19.7 Å². The summed E-state index contributed by atoms with van der Waals surface area (Å²) < 4.78 is 0. The maximum Gasteiger partial charge on any atom is 0.326 e. The van der Waals surface area contributed by atoms with Gasteiger partial charge in [0.1, 0.15) is 18.1 Å². The number of aliphatic carboxylic acids is 2. The van der Waals surface area contributed by atoms with Gasteiger partial charge in [-0.05, 0) is 32.2 Å². The number of carboxylic acids is 2. The topological polar surface area (TPSA) is 234 Å². The second-order valence-corrected chi connectivity index (χ2v) is 6.24. The zero-order chi connectivity index (χ0) is 22.4. The van der Waals surface area contributed by atoms with Gasteiger partial charge in [-0.1, -0.05) is 0 Å². The molecular weight excluding hydrogens is 390 g/mol. The third kappa shape index (κ3) is 11.6. The molecular formula is C16H29N5O8. The molecule has 0 heterocycles. The number of nitrogens with two attached hydrogens (primary N) is 2. The SMILES string of the molecule is NCCCCC(NC(=O)C(CCC(=O)O)NC(=O)CNC(=O)C(N)CO)C(=O)O. The molecule has 29 heavy (non-hydrogen) atoms. The minimum Gasteiger partial charge on any atom is -0.481 e. The van der Waals surface area contributed by atoms with E-state index in [0.29, 0.717) is 19.4 Å². The second-order valence-electron chi connectivity index (χ2n) is 6.24. The molecule has 13 heteroatoms. The van der Waals surface area contributed by atoms with Crippen LogP contribution in [-0.2, 0) is 24.0 Å². The molecule has 0 aromatic rings. The normalized spacial score (nSPS) is 13.6. The van der Waals surface area contributed by atoms with E-state index in [2.05, 4.69) is 16.0 Å². The van der Waals surface area contributed by atoms with Gasteiger partial charge in [0.15, 0.2) is 0 Å². The molecule has 0 fully saturated rings. The number of aliphatic hydroxyl groups is 1. The van der Waals surface area contributed by atoms with Crippen LogP contribution in [0.1, 0.15) is 32.1 Å². The Morgan fingerprint density at radius 1 is 0.897 bits per heavy atom. The molecule has 0 bridgehead atoms.